The fraction of sp³-hybridized carbons (Fsp3) is 0.133. The van der Waals surface area contributed by atoms with E-state index in [-0.39, 0.29) is 18.1 Å². The Labute approximate surface area is 145 Å². The van der Waals surface area contributed by atoms with Crippen LogP contribution in [0.25, 0.3) is 16.4 Å². The zero-order valence-electron chi connectivity index (χ0n) is 13.1. The van der Waals surface area contributed by atoms with Gasteiger partial charge in [-0.1, -0.05) is 5.16 Å². The van der Waals surface area contributed by atoms with Gasteiger partial charge in [-0.25, -0.2) is 4.79 Å². The first kappa shape index (κ1) is 15.3. The molecule has 0 saturated heterocycles. The molecule has 0 fully saturated rings. The maximum atomic E-state index is 12.3. The molecule has 0 N–H and O–H groups in total. The fourth-order valence-electron chi connectivity index (χ4n) is 2.21. The molecule has 0 aliphatic carbocycles. The molecule has 0 aliphatic heterocycles. The maximum Gasteiger partial charge on any atom is 0.369 e. The van der Waals surface area contributed by atoms with E-state index in [0.717, 1.165) is 11.3 Å². The topological polar surface area (TPSA) is 101 Å². The molecule has 25 heavy (non-hydrogen) atoms. The average Bonchev–Trinajstić information content (AvgIpc) is 3.38. The van der Waals surface area contributed by atoms with Crippen LogP contribution >= 0.6 is 11.3 Å². The lowest BCUT2D eigenvalue weighted by atomic mass is 10.2. The molecule has 0 aliphatic rings. The van der Waals surface area contributed by atoms with Crippen LogP contribution in [0.2, 0.25) is 0 Å². The first-order valence-corrected chi connectivity index (χ1v) is 8.16. The smallest absolute Gasteiger partial charge is 0.369 e. The largest absolute Gasteiger partial charge is 0.497 e. The lowest BCUT2D eigenvalue weighted by Gasteiger charge is -1.98. The minimum Gasteiger partial charge on any atom is -0.497 e. The molecule has 9 nitrogen and oxygen atoms in total. The number of nitrogens with zero attached hydrogens (tertiary/aromatic N) is 6. The second-order valence-corrected chi connectivity index (χ2v) is 5.95. The van der Waals surface area contributed by atoms with Gasteiger partial charge in [0.2, 0.25) is 11.7 Å². The Kier molecular flexibility index (Phi) is 3.86. The number of ether oxygens (including phenoxy) is 1. The molecule has 126 valence electrons. The third kappa shape index (κ3) is 2.94. The van der Waals surface area contributed by atoms with E-state index < -0.39 is 0 Å². The molecule has 3 aromatic heterocycles. The number of tetrazole rings is 1. The van der Waals surface area contributed by atoms with Gasteiger partial charge in [0, 0.05) is 5.56 Å². The van der Waals surface area contributed by atoms with Crippen molar-refractivity contribution in [3.63, 3.8) is 0 Å². The van der Waals surface area contributed by atoms with Crippen molar-refractivity contribution in [2.24, 2.45) is 0 Å². The Hall–Kier alpha value is -3.27. The second kappa shape index (κ2) is 6.32. The number of thiophene rings is 1. The van der Waals surface area contributed by atoms with Crippen molar-refractivity contribution in [1.82, 2.24) is 29.9 Å². The molecule has 0 bridgehead atoms. The predicted molar refractivity (Wildman–Crippen MR) is 88.9 cm³/mol. The van der Waals surface area contributed by atoms with Gasteiger partial charge >= 0.3 is 5.69 Å². The summed E-state index contributed by atoms with van der Waals surface area (Å²) in [5, 5.41) is 14.2. The van der Waals surface area contributed by atoms with E-state index in [2.05, 4.69) is 20.6 Å². The zero-order chi connectivity index (χ0) is 17.2. The van der Waals surface area contributed by atoms with Gasteiger partial charge in [-0.2, -0.15) is 14.3 Å². The van der Waals surface area contributed by atoms with Crippen LogP contribution in [0.3, 0.4) is 0 Å². The van der Waals surface area contributed by atoms with Crippen molar-refractivity contribution in [3.8, 4) is 22.1 Å². The highest BCUT2D eigenvalue weighted by molar-refractivity contribution is 7.12. The Balaban J connectivity index is 1.56. The van der Waals surface area contributed by atoms with Gasteiger partial charge < -0.3 is 9.26 Å². The normalized spacial score (nSPS) is 10.9. The highest BCUT2D eigenvalue weighted by atomic mass is 32.1. The van der Waals surface area contributed by atoms with Gasteiger partial charge in [0.1, 0.15) is 17.3 Å². The molecular weight excluding hydrogens is 344 g/mol. The number of aromatic nitrogens is 6. The van der Waals surface area contributed by atoms with Gasteiger partial charge in [-0.3, -0.25) is 0 Å². The van der Waals surface area contributed by atoms with Crippen LogP contribution in [0, 0.1) is 0 Å². The molecule has 1 aromatic carbocycles. The Morgan fingerprint density at radius 1 is 1.20 bits per heavy atom. The quantitative estimate of drug-likeness (QED) is 0.535. The summed E-state index contributed by atoms with van der Waals surface area (Å²) in [5.41, 5.74) is 0.414. The summed E-state index contributed by atoms with van der Waals surface area (Å²) in [6, 6.07) is 10.9. The Morgan fingerprint density at radius 2 is 2.04 bits per heavy atom. The molecule has 0 amide bonds. The third-order valence-electron chi connectivity index (χ3n) is 3.46. The summed E-state index contributed by atoms with van der Waals surface area (Å²) in [7, 11) is 1.60. The molecule has 0 saturated carbocycles. The van der Waals surface area contributed by atoms with Crippen LogP contribution in [0.1, 0.15) is 5.89 Å². The van der Waals surface area contributed by atoms with Crippen LogP contribution in [-0.2, 0) is 6.54 Å². The molecule has 0 radical (unpaired) electrons. The molecule has 10 heteroatoms. The van der Waals surface area contributed by atoms with Crippen molar-refractivity contribution in [3.05, 3.63) is 58.2 Å². The van der Waals surface area contributed by atoms with E-state index in [9.17, 15) is 4.79 Å². The van der Waals surface area contributed by atoms with Crippen LogP contribution in [-0.4, -0.2) is 37.0 Å². The molecule has 4 rings (SSSR count). The molecule has 4 aromatic rings. The van der Waals surface area contributed by atoms with Crippen molar-refractivity contribution in [2.45, 2.75) is 6.54 Å². The van der Waals surface area contributed by atoms with E-state index >= 15 is 0 Å². The summed E-state index contributed by atoms with van der Waals surface area (Å²) in [5.74, 6) is 1.44. The monoisotopic (exact) mass is 356 g/mol. The van der Waals surface area contributed by atoms with Crippen LogP contribution in [0.15, 0.2) is 51.1 Å². The van der Waals surface area contributed by atoms with E-state index in [1.54, 1.807) is 13.2 Å². The molecule has 0 spiro atoms. The fourth-order valence-corrected chi connectivity index (χ4v) is 2.87. The lowest BCUT2D eigenvalue weighted by Crippen LogP contribution is -2.24. The Bertz CT molecular complexity index is 1030. The minimum absolute atomic E-state index is 0.0490. The first-order valence-electron chi connectivity index (χ1n) is 7.28. The van der Waals surface area contributed by atoms with E-state index in [1.807, 2.05) is 35.7 Å². The summed E-state index contributed by atoms with van der Waals surface area (Å²) in [4.78, 5) is 16.6. The molecular formula is C15H12N6O3S. The van der Waals surface area contributed by atoms with Gasteiger partial charge in [0.15, 0.2) is 0 Å². The third-order valence-corrected chi connectivity index (χ3v) is 4.30. The molecule has 0 unspecified atom stereocenters. The maximum absolute atomic E-state index is 12.3. The lowest BCUT2D eigenvalue weighted by molar-refractivity contribution is 0.363. The average molecular weight is 356 g/mol. The van der Waals surface area contributed by atoms with Crippen molar-refractivity contribution < 1.29 is 9.26 Å². The summed E-state index contributed by atoms with van der Waals surface area (Å²) < 4.78 is 12.7. The van der Waals surface area contributed by atoms with Gasteiger partial charge in [0.25, 0.3) is 0 Å². The SMILES string of the molecule is COc1ccc(-c2noc(Cn3nnn(-c4cccs4)c3=O)n2)cc1. The summed E-state index contributed by atoms with van der Waals surface area (Å²) in [6.07, 6.45) is 0. The predicted octanol–water partition coefficient (Wildman–Crippen LogP) is 1.60. The summed E-state index contributed by atoms with van der Waals surface area (Å²) in [6.45, 7) is 0.0490. The first-order chi connectivity index (χ1) is 12.2. The highest BCUT2D eigenvalue weighted by Crippen LogP contribution is 2.19. The van der Waals surface area contributed by atoms with Gasteiger partial charge in [-0.15, -0.1) is 11.3 Å². The number of benzene rings is 1. The standard InChI is InChI=1S/C15H12N6O3S/c1-23-11-6-4-10(5-7-11)14-16-12(24-17-14)9-20-15(22)21(19-18-20)13-3-2-8-25-13/h2-8H,9H2,1H3. The van der Waals surface area contributed by atoms with E-state index in [1.165, 1.54) is 20.7 Å². The van der Waals surface area contributed by atoms with Crippen molar-refractivity contribution in [1.29, 1.82) is 0 Å². The zero-order valence-corrected chi connectivity index (χ0v) is 13.9. The van der Waals surface area contributed by atoms with Crippen molar-refractivity contribution >= 4 is 11.3 Å². The van der Waals surface area contributed by atoms with Gasteiger partial charge in [-0.05, 0) is 52.2 Å². The van der Waals surface area contributed by atoms with Gasteiger partial charge in [0.05, 0.1) is 7.11 Å². The van der Waals surface area contributed by atoms with Crippen LogP contribution < -0.4 is 10.4 Å². The van der Waals surface area contributed by atoms with Crippen molar-refractivity contribution in [2.75, 3.05) is 7.11 Å². The molecule has 0 atom stereocenters. The highest BCUT2D eigenvalue weighted by Gasteiger charge is 2.14. The van der Waals surface area contributed by atoms with Crippen LogP contribution in [0.5, 0.6) is 5.75 Å². The number of rotatable bonds is 5. The Morgan fingerprint density at radius 3 is 2.76 bits per heavy atom. The van der Waals surface area contributed by atoms with E-state index in [4.69, 9.17) is 9.26 Å². The number of hydrogen-bond acceptors (Lipinski definition) is 8. The second-order valence-electron chi connectivity index (χ2n) is 5.02. The van der Waals surface area contributed by atoms with E-state index in [0.29, 0.717) is 10.8 Å². The number of methoxy groups -OCH3 is 1. The molecule has 3 heterocycles. The number of hydrogen-bond donors (Lipinski definition) is 0. The van der Waals surface area contributed by atoms with Crippen LogP contribution in [0.4, 0.5) is 0 Å². The summed E-state index contributed by atoms with van der Waals surface area (Å²) >= 11 is 1.40. The minimum atomic E-state index is -0.369.